The summed E-state index contributed by atoms with van der Waals surface area (Å²) in [7, 11) is 0. The molecule has 0 spiro atoms. The van der Waals surface area contributed by atoms with Crippen LogP contribution in [0.15, 0.2) is 60.7 Å². The molecule has 0 radical (unpaired) electrons. The van der Waals surface area contributed by atoms with Crippen molar-refractivity contribution < 1.29 is 19.0 Å². The SMILES string of the molecule is CC(C)c1ccc2c(c1)OC1(O)c3cccc(N)c3C(=O)C21NC(=S)Nc1ccc(F)cc1. The number of ketones is 1. The maximum Gasteiger partial charge on any atom is 0.271 e. The molecule has 2 atom stereocenters. The van der Waals surface area contributed by atoms with Crippen molar-refractivity contribution in [2.45, 2.75) is 31.1 Å². The number of carbonyl (C=O) groups excluding carboxylic acids is 1. The zero-order chi connectivity index (χ0) is 23.5. The first-order valence-electron chi connectivity index (χ1n) is 10.5. The van der Waals surface area contributed by atoms with Crippen LogP contribution in [0, 0.1) is 5.82 Å². The zero-order valence-electron chi connectivity index (χ0n) is 18.0. The fourth-order valence-electron chi connectivity index (χ4n) is 4.61. The molecule has 8 heteroatoms. The van der Waals surface area contributed by atoms with E-state index in [2.05, 4.69) is 10.6 Å². The minimum Gasteiger partial charge on any atom is -0.454 e. The predicted octanol–water partition coefficient (Wildman–Crippen LogP) is 4.15. The minimum absolute atomic E-state index is 0.0594. The van der Waals surface area contributed by atoms with Crippen LogP contribution in [0.1, 0.15) is 46.8 Å². The second-order valence-corrected chi connectivity index (χ2v) is 9.00. The summed E-state index contributed by atoms with van der Waals surface area (Å²) in [6, 6.07) is 16.0. The van der Waals surface area contributed by atoms with Crippen LogP contribution in [-0.2, 0) is 11.3 Å². The molecule has 0 aromatic heterocycles. The third-order valence-corrected chi connectivity index (χ3v) is 6.48. The number of halogens is 1. The standard InChI is InChI=1S/C25H22FN3O3S/c1-13(2)14-6-11-17-20(12-14)32-25(31)18-4-3-5-19(27)21(18)22(30)24(17,25)29-23(33)28-16-9-7-15(26)8-10-16/h3-13,31H,27H2,1-2H3,(H2,28,29,33). The fourth-order valence-corrected chi connectivity index (χ4v) is 4.88. The Labute approximate surface area is 195 Å². The van der Waals surface area contributed by atoms with Gasteiger partial charge in [-0.05, 0) is 60.1 Å². The Kier molecular flexibility index (Phi) is 4.70. The molecule has 3 aromatic rings. The number of fused-ring (bicyclic) bond motifs is 5. The van der Waals surface area contributed by atoms with E-state index in [-0.39, 0.29) is 33.7 Å². The molecule has 33 heavy (non-hydrogen) atoms. The Morgan fingerprint density at radius 1 is 1.12 bits per heavy atom. The Morgan fingerprint density at radius 2 is 1.85 bits per heavy atom. The van der Waals surface area contributed by atoms with Crippen molar-refractivity contribution in [1.29, 1.82) is 0 Å². The molecular weight excluding hydrogens is 441 g/mol. The fraction of sp³-hybridized carbons (Fsp3) is 0.200. The van der Waals surface area contributed by atoms with Crippen LogP contribution in [0.25, 0.3) is 0 Å². The van der Waals surface area contributed by atoms with Gasteiger partial charge in [0.25, 0.3) is 5.79 Å². The van der Waals surface area contributed by atoms with Gasteiger partial charge >= 0.3 is 0 Å². The highest BCUT2D eigenvalue weighted by atomic mass is 32.1. The second kappa shape index (κ2) is 7.26. The van der Waals surface area contributed by atoms with E-state index in [1.165, 1.54) is 24.3 Å². The van der Waals surface area contributed by atoms with Crippen molar-refractivity contribution in [1.82, 2.24) is 5.32 Å². The molecule has 2 unspecified atom stereocenters. The summed E-state index contributed by atoms with van der Waals surface area (Å²) >= 11 is 5.50. The van der Waals surface area contributed by atoms with Gasteiger partial charge in [0.15, 0.2) is 5.11 Å². The average Bonchev–Trinajstić information content (AvgIpc) is 3.12. The van der Waals surface area contributed by atoms with Gasteiger partial charge in [0.1, 0.15) is 11.6 Å². The highest BCUT2D eigenvalue weighted by molar-refractivity contribution is 7.80. The number of hydrogen-bond acceptors (Lipinski definition) is 5. The average molecular weight is 464 g/mol. The summed E-state index contributed by atoms with van der Waals surface area (Å²) in [6.45, 7) is 4.09. The van der Waals surface area contributed by atoms with E-state index in [1.807, 2.05) is 26.0 Å². The van der Waals surface area contributed by atoms with E-state index in [4.69, 9.17) is 22.7 Å². The summed E-state index contributed by atoms with van der Waals surface area (Å²) < 4.78 is 19.4. The van der Waals surface area contributed by atoms with Crippen molar-refractivity contribution >= 4 is 34.5 Å². The highest BCUT2D eigenvalue weighted by Crippen LogP contribution is 2.59. The Bertz CT molecular complexity index is 1310. The second-order valence-electron chi connectivity index (χ2n) is 8.59. The number of nitrogen functional groups attached to an aromatic ring is 1. The van der Waals surface area contributed by atoms with Crippen LogP contribution >= 0.6 is 12.2 Å². The van der Waals surface area contributed by atoms with E-state index in [0.29, 0.717) is 17.0 Å². The van der Waals surface area contributed by atoms with E-state index in [0.717, 1.165) is 5.56 Å². The van der Waals surface area contributed by atoms with E-state index >= 15 is 0 Å². The smallest absolute Gasteiger partial charge is 0.271 e. The lowest BCUT2D eigenvalue weighted by Crippen LogP contribution is -2.60. The Hall–Kier alpha value is -3.49. The van der Waals surface area contributed by atoms with Crippen LogP contribution in [0.4, 0.5) is 15.8 Å². The molecule has 5 rings (SSSR count). The Balaban J connectivity index is 1.64. The number of hydrogen-bond donors (Lipinski definition) is 4. The molecule has 168 valence electrons. The Morgan fingerprint density at radius 3 is 2.55 bits per heavy atom. The molecule has 6 nitrogen and oxygen atoms in total. The summed E-state index contributed by atoms with van der Waals surface area (Å²) in [6.07, 6.45) is 0. The van der Waals surface area contributed by atoms with Crippen LogP contribution in [0.5, 0.6) is 5.75 Å². The van der Waals surface area contributed by atoms with Gasteiger partial charge in [-0.3, -0.25) is 4.79 Å². The number of anilines is 2. The van der Waals surface area contributed by atoms with Crippen LogP contribution < -0.4 is 21.1 Å². The summed E-state index contributed by atoms with van der Waals surface area (Å²) in [5.41, 5.74) is 7.06. The molecule has 0 amide bonds. The number of nitrogens with two attached hydrogens (primary N) is 1. The number of aliphatic hydroxyl groups is 1. The molecule has 1 aliphatic carbocycles. The van der Waals surface area contributed by atoms with Crippen LogP contribution in [-0.4, -0.2) is 16.0 Å². The zero-order valence-corrected chi connectivity index (χ0v) is 18.8. The van der Waals surface area contributed by atoms with Crippen LogP contribution in [0.3, 0.4) is 0 Å². The van der Waals surface area contributed by atoms with Gasteiger partial charge in [0, 0.05) is 22.5 Å². The quantitative estimate of drug-likeness (QED) is 0.342. The van der Waals surface area contributed by atoms with Gasteiger partial charge < -0.3 is 26.2 Å². The minimum atomic E-state index is -2.07. The lowest BCUT2D eigenvalue weighted by Gasteiger charge is -2.35. The highest BCUT2D eigenvalue weighted by Gasteiger charge is 2.71. The first-order valence-corrected chi connectivity index (χ1v) is 10.9. The van der Waals surface area contributed by atoms with E-state index in [1.54, 1.807) is 24.3 Å². The number of carbonyl (C=O) groups is 1. The molecule has 0 saturated carbocycles. The largest absolute Gasteiger partial charge is 0.454 e. The maximum atomic E-state index is 13.9. The van der Waals surface area contributed by atoms with Crippen molar-refractivity contribution in [3.63, 3.8) is 0 Å². The van der Waals surface area contributed by atoms with Crippen molar-refractivity contribution in [2.24, 2.45) is 0 Å². The van der Waals surface area contributed by atoms with Crippen molar-refractivity contribution in [2.75, 3.05) is 11.1 Å². The van der Waals surface area contributed by atoms with E-state index in [9.17, 15) is 14.3 Å². The third-order valence-electron chi connectivity index (χ3n) is 6.27. The molecule has 0 saturated heterocycles. The number of benzene rings is 3. The molecule has 1 aliphatic heterocycles. The third kappa shape index (κ3) is 2.94. The summed E-state index contributed by atoms with van der Waals surface area (Å²) in [5, 5.41) is 18.0. The number of ether oxygens (including phenoxy) is 1. The molecule has 0 fully saturated rings. The number of rotatable bonds is 3. The molecule has 2 aliphatic rings. The number of Topliss-reactive ketones (excluding diaryl/α,β-unsaturated/α-hetero) is 1. The topological polar surface area (TPSA) is 96.6 Å². The normalized spacial score (nSPS) is 22.4. The molecule has 5 N–H and O–H groups in total. The first-order chi connectivity index (χ1) is 15.7. The lowest BCUT2D eigenvalue weighted by molar-refractivity contribution is -0.167. The van der Waals surface area contributed by atoms with Gasteiger partial charge in [-0.1, -0.05) is 38.1 Å². The monoisotopic (exact) mass is 463 g/mol. The maximum absolute atomic E-state index is 13.9. The van der Waals surface area contributed by atoms with E-state index < -0.39 is 17.1 Å². The van der Waals surface area contributed by atoms with Gasteiger partial charge in [0.2, 0.25) is 11.3 Å². The van der Waals surface area contributed by atoms with Gasteiger partial charge in [-0.2, -0.15) is 0 Å². The molecule has 0 bridgehead atoms. The summed E-state index contributed by atoms with van der Waals surface area (Å²) in [5.74, 6) is -2.29. The lowest BCUT2D eigenvalue weighted by atomic mass is 9.82. The first kappa shape index (κ1) is 21.4. The summed E-state index contributed by atoms with van der Waals surface area (Å²) in [4.78, 5) is 13.9. The molecule has 1 heterocycles. The van der Waals surface area contributed by atoms with Crippen LogP contribution in [0.2, 0.25) is 0 Å². The predicted molar refractivity (Wildman–Crippen MR) is 128 cm³/mol. The van der Waals surface area contributed by atoms with Crippen molar-refractivity contribution in [3.05, 3.63) is 88.7 Å². The van der Waals surface area contributed by atoms with Gasteiger partial charge in [-0.25, -0.2) is 4.39 Å². The molecular formula is C25H22FN3O3S. The van der Waals surface area contributed by atoms with Gasteiger partial charge in [0.05, 0.1) is 5.56 Å². The number of nitrogens with one attached hydrogen (secondary N) is 2. The van der Waals surface area contributed by atoms with Crippen molar-refractivity contribution in [3.8, 4) is 5.75 Å². The van der Waals surface area contributed by atoms with Gasteiger partial charge in [-0.15, -0.1) is 0 Å². The number of thiocarbonyl (C=S) groups is 1. The molecule has 3 aromatic carbocycles.